The van der Waals surface area contributed by atoms with Crippen molar-refractivity contribution in [2.24, 2.45) is 0 Å². The first-order valence-corrected chi connectivity index (χ1v) is 9.61. The summed E-state index contributed by atoms with van der Waals surface area (Å²) in [6.45, 7) is 9.00. The Morgan fingerprint density at radius 3 is 2.13 bits per heavy atom. The fourth-order valence-corrected chi connectivity index (χ4v) is 8.08. The Hall–Kier alpha value is 0.220. The van der Waals surface area contributed by atoms with Crippen molar-refractivity contribution in [3.05, 3.63) is 30.3 Å². The molecule has 0 aliphatic carbocycles. The molecule has 0 aliphatic rings. The van der Waals surface area contributed by atoms with Crippen LogP contribution in [0.15, 0.2) is 30.3 Å². The van der Waals surface area contributed by atoms with E-state index in [1.54, 1.807) is 0 Å². The molecule has 15 heavy (non-hydrogen) atoms. The van der Waals surface area contributed by atoms with Gasteiger partial charge in [0.2, 0.25) is 0 Å². The first-order valence-electron chi connectivity index (χ1n) is 5.22. The summed E-state index contributed by atoms with van der Waals surface area (Å²) in [6.07, 6.45) is 0. The van der Waals surface area contributed by atoms with Crippen LogP contribution < -0.4 is 5.30 Å². The van der Waals surface area contributed by atoms with Gasteiger partial charge in [-0.2, -0.15) is 0 Å². The predicted octanol–water partition coefficient (Wildman–Crippen LogP) is 4.26. The van der Waals surface area contributed by atoms with E-state index in [9.17, 15) is 0 Å². The lowest BCUT2D eigenvalue weighted by Gasteiger charge is -2.34. The minimum absolute atomic E-state index is 0.199. The van der Waals surface area contributed by atoms with Gasteiger partial charge in [-0.25, -0.2) is 0 Å². The number of benzene rings is 1. The highest BCUT2D eigenvalue weighted by Crippen LogP contribution is 2.66. The van der Waals surface area contributed by atoms with Gasteiger partial charge in [-0.15, -0.1) is 11.4 Å². The van der Waals surface area contributed by atoms with E-state index in [1.807, 2.05) is 11.4 Å². The first kappa shape index (κ1) is 13.3. The van der Waals surface area contributed by atoms with E-state index in [4.69, 9.17) is 11.8 Å². The highest BCUT2D eigenvalue weighted by atomic mass is 32.9. The third-order valence-electron chi connectivity index (χ3n) is 2.29. The average Bonchev–Trinajstić information content (AvgIpc) is 2.18. The lowest BCUT2D eigenvalue weighted by molar-refractivity contribution is 0.795. The maximum absolute atomic E-state index is 5.98. The molecule has 0 spiro atoms. The zero-order valence-corrected chi connectivity index (χ0v) is 12.4. The second-order valence-electron chi connectivity index (χ2n) is 4.48. The summed E-state index contributed by atoms with van der Waals surface area (Å²) in [5.41, 5.74) is 0. The predicted molar refractivity (Wildman–Crippen MR) is 78.2 cm³/mol. The lowest BCUT2D eigenvalue weighted by Crippen LogP contribution is -2.20. The fourth-order valence-electron chi connectivity index (χ4n) is 1.46. The number of rotatable bonds is 3. The highest BCUT2D eigenvalue weighted by Gasteiger charge is 2.33. The van der Waals surface area contributed by atoms with Crippen LogP contribution in [0.5, 0.6) is 0 Å². The molecule has 0 nitrogen and oxygen atoms in total. The van der Waals surface area contributed by atoms with Crippen molar-refractivity contribution in [1.82, 2.24) is 0 Å². The van der Waals surface area contributed by atoms with Crippen molar-refractivity contribution < 1.29 is 0 Å². The summed E-state index contributed by atoms with van der Waals surface area (Å²) in [7, 11) is 0. The molecule has 0 saturated carbocycles. The van der Waals surface area contributed by atoms with Gasteiger partial charge in [0.1, 0.15) is 0 Å². The van der Waals surface area contributed by atoms with Crippen LogP contribution in [0, 0.1) is 0 Å². The molecule has 1 rings (SSSR count). The lowest BCUT2D eigenvalue weighted by atomic mass is 10.3. The van der Waals surface area contributed by atoms with Crippen molar-refractivity contribution in [1.29, 1.82) is 0 Å². The van der Waals surface area contributed by atoms with Gasteiger partial charge in [-0.3, -0.25) is 0 Å². The second kappa shape index (κ2) is 5.03. The van der Waals surface area contributed by atoms with Crippen LogP contribution in [-0.2, 0) is 11.8 Å². The van der Waals surface area contributed by atoms with E-state index in [1.165, 1.54) is 5.30 Å². The molecule has 84 valence electrons. The van der Waals surface area contributed by atoms with E-state index in [0.717, 1.165) is 5.75 Å². The van der Waals surface area contributed by atoms with Gasteiger partial charge in [0, 0.05) is 10.4 Å². The molecule has 0 aromatic heterocycles. The SMILES string of the molecule is CCS[P@](=S)(c1ccccc1)C(C)(C)C. The van der Waals surface area contributed by atoms with Gasteiger partial charge in [-0.05, 0) is 11.1 Å². The minimum Gasteiger partial charge on any atom is -0.119 e. The molecule has 0 heterocycles. The molecule has 1 aromatic rings. The summed E-state index contributed by atoms with van der Waals surface area (Å²) in [6, 6.07) is 10.6. The summed E-state index contributed by atoms with van der Waals surface area (Å²) in [5, 5.41) is 0.0538. The maximum Gasteiger partial charge on any atom is 0.0388 e. The summed E-state index contributed by atoms with van der Waals surface area (Å²) < 4.78 is 0. The molecule has 0 N–H and O–H groups in total. The van der Waals surface area contributed by atoms with Crippen molar-refractivity contribution in [2.45, 2.75) is 32.9 Å². The standard InChI is InChI=1S/C12H19PS2/c1-5-15-13(14,12(2,3)4)11-9-7-6-8-10-11/h6-10H,5H2,1-4H3/t13-/m1/s1. The van der Waals surface area contributed by atoms with Crippen LogP contribution in [0.4, 0.5) is 0 Å². The zero-order valence-electron chi connectivity index (χ0n) is 9.86. The third kappa shape index (κ3) is 2.87. The van der Waals surface area contributed by atoms with Crippen LogP contribution in [-0.4, -0.2) is 10.9 Å². The Morgan fingerprint density at radius 1 is 1.20 bits per heavy atom. The van der Waals surface area contributed by atoms with Crippen molar-refractivity contribution in [3.8, 4) is 0 Å². The molecule has 3 heteroatoms. The van der Waals surface area contributed by atoms with Crippen LogP contribution in [0.1, 0.15) is 27.7 Å². The van der Waals surface area contributed by atoms with Gasteiger partial charge in [0.05, 0.1) is 0 Å². The maximum atomic E-state index is 5.98. The zero-order chi connectivity index (χ0) is 11.5. The van der Waals surface area contributed by atoms with E-state index in [-0.39, 0.29) is 5.16 Å². The van der Waals surface area contributed by atoms with Crippen LogP contribution in [0.25, 0.3) is 0 Å². The number of hydrogen-bond acceptors (Lipinski definition) is 2. The average molecular weight is 258 g/mol. The molecule has 0 radical (unpaired) electrons. The van der Waals surface area contributed by atoms with Crippen LogP contribution >= 0.6 is 16.6 Å². The van der Waals surface area contributed by atoms with E-state index >= 15 is 0 Å². The largest absolute Gasteiger partial charge is 0.119 e. The van der Waals surface area contributed by atoms with Gasteiger partial charge in [-0.1, -0.05) is 69.8 Å². The molecule has 0 unspecified atom stereocenters. The normalized spacial score (nSPS) is 16.0. The van der Waals surface area contributed by atoms with E-state index < -0.39 is 5.24 Å². The smallest absolute Gasteiger partial charge is 0.0388 e. The Bertz CT molecular complexity index is 352. The van der Waals surface area contributed by atoms with E-state index in [2.05, 4.69) is 58.0 Å². The quantitative estimate of drug-likeness (QED) is 0.743. The van der Waals surface area contributed by atoms with E-state index in [0.29, 0.717) is 0 Å². The first-order chi connectivity index (χ1) is 6.92. The molecule has 1 aromatic carbocycles. The Balaban J connectivity index is 3.20. The Kier molecular flexibility index (Phi) is 4.46. The molecule has 0 saturated heterocycles. The fraction of sp³-hybridized carbons (Fsp3) is 0.500. The van der Waals surface area contributed by atoms with Crippen molar-refractivity contribution in [2.75, 3.05) is 5.75 Å². The molecule has 0 amide bonds. The van der Waals surface area contributed by atoms with Crippen LogP contribution in [0.2, 0.25) is 0 Å². The van der Waals surface area contributed by atoms with Gasteiger partial charge in [0.15, 0.2) is 0 Å². The Labute approximate surface area is 103 Å². The molecule has 0 aliphatic heterocycles. The Morgan fingerprint density at radius 2 is 1.73 bits per heavy atom. The monoisotopic (exact) mass is 258 g/mol. The molecule has 0 bridgehead atoms. The summed E-state index contributed by atoms with van der Waals surface area (Å²) >= 11 is 7.94. The molecule has 1 atom stereocenters. The van der Waals surface area contributed by atoms with Crippen molar-refractivity contribution in [3.63, 3.8) is 0 Å². The van der Waals surface area contributed by atoms with Crippen LogP contribution in [0.3, 0.4) is 0 Å². The van der Waals surface area contributed by atoms with Gasteiger partial charge in [0.25, 0.3) is 0 Å². The second-order valence-corrected chi connectivity index (χ2v) is 13.0. The number of hydrogen-bond donors (Lipinski definition) is 0. The molecular weight excluding hydrogens is 239 g/mol. The van der Waals surface area contributed by atoms with Gasteiger partial charge < -0.3 is 0 Å². The van der Waals surface area contributed by atoms with Gasteiger partial charge >= 0.3 is 0 Å². The summed E-state index contributed by atoms with van der Waals surface area (Å²) in [4.78, 5) is 0. The summed E-state index contributed by atoms with van der Waals surface area (Å²) in [5.74, 6) is 1.10. The topological polar surface area (TPSA) is 0 Å². The highest BCUT2D eigenvalue weighted by molar-refractivity contribution is 8.73. The molecular formula is C12H19PS2. The van der Waals surface area contributed by atoms with Crippen molar-refractivity contribution >= 4 is 33.7 Å². The minimum atomic E-state index is -1.51. The third-order valence-corrected chi connectivity index (χ3v) is 13.0. The molecule has 0 fully saturated rings.